The molecular weight excluding hydrogens is 392 g/mol. The summed E-state index contributed by atoms with van der Waals surface area (Å²) in [4.78, 5) is 14.9. The lowest BCUT2D eigenvalue weighted by molar-refractivity contribution is -0.205. The van der Waals surface area contributed by atoms with E-state index in [-0.39, 0.29) is 11.9 Å². The molecule has 27 heavy (non-hydrogen) atoms. The highest BCUT2D eigenvalue weighted by molar-refractivity contribution is 7.99. The highest BCUT2D eigenvalue weighted by atomic mass is 35.5. The number of likely N-dealkylation sites (tertiary alicyclic amines) is 1. The minimum atomic E-state index is -1.36. The van der Waals surface area contributed by atoms with E-state index in [1.165, 1.54) is 11.8 Å². The van der Waals surface area contributed by atoms with Crippen LogP contribution in [0.1, 0.15) is 33.1 Å². The normalized spacial score (nSPS) is 39.9. The fourth-order valence-electron chi connectivity index (χ4n) is 4.11. The second kappa shape index (κ2) is 10.1. The minimum Gasteiger partial charge on any atom is -0.388 e. The molecule has 2 saturated heterocycles. The van der Waals surface area contributed by atoms with Crippen LogP contribution in [0.5, 0.6) is 0 Å². The number of alkyl halides is 1. The molecule has 2 aliphatic rings. The van der Waals surface area contributed by atoms with Gasteiger partial charge in [-0.3, -0.25) is 9.69 Å². The van der Waals surface area contributed by atoms with Crippen molar-refractivity contribution in [2.75, 3.05) is 19.8 Å². The largest absolute Gasteiger partial charge is 0.388 e. The van der Waals surface area contributed by atoms with Crippen LogP contribution >= 0.6 is 23.4 Å². The summed E-state index contributed by atoms with van der Waals surface area (Å²) in [6.45, 7) is 4.74. The van der Waals surface area contributed by atoms with Crippen molar-refractivity contribution >= 4 is 29.3 Å². The topological polar surface area (TPSA) is 102 Å². The number of carbonyl (C=O) groups excluding carboxylic acids is 1. The van der Waals surface area contributed by atoms with Gasteiger partial charge in [-0.05, 0) is 39.0 Å². The molecule has 6 unspecified atom stereocenters. The molecule has 2 heterocycles. The zero-order valence-corrected chi connectivity index (χ0v) is 18.0. The number of carbonyl (C=O) groups is 1. The summed E-state index contributed by atoms with van der Waals surface area (Å²) in [5, 5.41) is 33.0. The van der Waals surface area contributed by atoms with E-state index in [9.17, 15) is 20.1 Å². The molecule has 0 aromatic carbocycles. The number of aliphatic hydroxyl groups is 3. The summed E-state index contributed by atoms with van der Waals surface area (Å²) in [5.41, 5.74) is -0.702. The summed E-state index contributed by atoms with van der Waals surface area (Å²) in [6, 6.07) is -0.934. The molecule has 2 rings (SSSR count). The summed E-state index contributed by atoms with van der Waals surface area (Å²) in [6.07, 6.45) is -0.0980. The van der Waals surface area contributed by atoms with Crippen LogP contribution in [0, 0.1) is 5.92 Å². The molecular formula is C18H33ClN2O5S. The van der Waals surface area contributed by atoms with Crippen LogP contribution in [0.4, 0.5) is 0 Å². The van der Waals surface area contributed by atoms with Crippen molar-refractivity contribution in [2.45, 2.75) is 80.4 Å². The molecule has 9 atom stereocenters. The second-order valence-corrected chi connectivity index (χ2v) is 9.36. The van der Waals surface area contributed by atoms with E-state index in [0.717, 1.165) is 25.8 Å². The van der Waals surface area contributed by atoms with Crippen LogP contribution in [0.3, 0.4) is 0 Å². The Balaban J connectivity index is 2.09. The Morgan fingerprint density at radius 3 is 2.56 bits per heavy atom. The van der Waals surface area contributed by atoms with E-state index in [1.807, 2.05) is 11.9 Å². The third-order valence-corrected chi connectivity index (χ3v) is 6.76. The van der Waals surface area contributed by atoms with Crippen molar-refractivity contribution in [1.29, 1.82) is 0 Å². The van der Waals surface area contributed by atoms with Crippen LogP contribution in [0.15, 0.2) is 0 Å². The number of hydrogen-bond donors (Lipinski definition) is 4. The van der Waals surface area contributed by atoms with Crippen molar-refractivity contribution in [3.8, 4) is 0 Å². The Morgan fingerprint density at radius 2 is 2.00 bits per heavy atom. The highest BCUT2D eigenvalue weighted by Crippen LogP contribution is 2.31. The van der Waals surface area contributed by atoms with E-state index in [2.05, 4.69) is 12.2 Å². The van der Waals surface area contributed by atoms with Gasteiger partial charge in [0.05, 0.1) is 17.5 Å². The Kier molecular flexibility index (Phi) is 8.67. The zero-order valence-electron chi connectivity index (χ0n) is 16.4. The standard InChI is InChI=1S/C18H33ClN2O5S/c1-5-6-10-7-11(21(3)8-10)17(25)20-12(9(2)19)16-14(23)13(22)15(24)18(26-16)27-4/h9-16,18,22-24H,5-8H2,1-4H3,(H,20,25)/t9?,10?,11?,12-,13+,14?,15?,16-,18?/m1/s1. The van der Waals surface area contributed by atoms with Crippen molar-refractivity contribution < 1.29 is 24.9 Å². The van der Waals surface area contributed by atoms with Crippen LogP contribution in [0.25, 0.3) is 0 Å². The lowest BCUT2D eigenvalue weighted by atomic mass is 9.92. The Morgan fingerprint density at radius 1 is 1.33 bits per heavy atom. The van der Waals surface area contributed by atoms with Crippen LogP contribution in [-0.2, 0) is 9.53 Å². The average Bonchev–Trinajstić information content (AvgIpc) is 2.99. The maximum atomic E-state index is 12.9. The molecule has 158 valence electrons. The van der Waals surface area contributed by atoms with Gasteiger partial charge in [0.15, 0.2) is 0 Å². The maximum Gasteiger partial charge on any atom is 0.237 e. The molecule has 2 aliphatic heterocycles. The van der Waals surface area contributed by atoms with E-state index >= 15 is 0 Å². The first kappa shape index (κ1) is 23.2. The molecule has 0 aromatic rings. The molecule has 0 radical (unpaired) electrons. The molecule has 0 bridgehead atoms. The Labute approximate surface area is 170 Å². The van der Waals surface area contributed by atoms with Gasteiger partial charge in [-0.1, -0.05) is 13.3 Å². The van der Waals surface area contributed by atoms with Gasteiger partial charge in [0.2, 0.25) is 5.91 Å². The van der Waals surface area contributed by atoms with E-state index in [0.29, 0.717) is 5.92 Å². The average molecular weight is 425 g/mol. The lowest BCUT2D eigenvalue weighted by Gasteiger charge is -2.44. The molecule has 0 aromatic heterocycles. The summed E-state index contributed by atoms with van der Waals surface area (Å²) < 4.78 is 5.79. The van der Waals surface area contributed by atoms with Crippen molar-refractivity contribution in [3.63, 3.8) is 0 Å². The predicted octanol–water partition coefficient (Wildman–Crippen LogP) is 0.390. The van der Waals surface area contributed by atoms with E-state index in [1.54, 1.807) is 13.2 Å². The minimum absolute atomic E-state index is 0.147. The number of likely N-dealkylation sites (N-methyl/N-ethyl adjacent to an activating group) is 1. The molecule has 0 spiro atoms. The number of nitrogens with one attached hydrogen (secondary N) is 1. The molecule has 0 aliphatic carbocycles. The van der Waals surface area contributed by atoms with E-state index < -0.39 is 41.3 Å². The first-order valence-electron chi connectivity index (χ1n) is 9.58. The quantitative estimate of drug-likeness (QED) is 0.438. The summed E-state index contributed by atoms with van der Waals surface area (Å²) in [5.74, 6) is 0.350. The Bertz CT molecular complexity index is 498. The second-order valence-electron chi connectivity index (χ2n) is 7.73. The van der Waals surface area contributed by atoms with Crippen LogP contribution in [-0.4, -0.2) is 93.3 Å². The molecule has 7 nitrogen and oxygen atoms in total. The van der Waals surface area contributed by atoms with E-state index in [4.69, 9.17) is 16.3 Å². The van der Waals surface area contributed by atoms with Gasteiger partial charge in [-0.25, -0.2) is 0 Å². The number of hydrogen-bond acceptors (Lipinski definition) is 7. The first-order chi connectivity index (χ1) is 12.7. The molecule has 9 heteroatoms. The highest BCUT2D eigenvalue weighted by Gasteiger charge is 2.48. The smallest absolute Gasteiger partial charge is 0.237 e. The molecule has 1 amide bonds. The number of halogens is 1. The van der Waals surface area contributed by atoms with Gasteiger partial charge in [-0.2, -0.15) is 0 Å². The molecule has 4 N–H and O–H groups in total. The van der Waals surface area contributed by atoms with Gasteiger partial charge >= 0.3 is 0 Å². The molecule has 2 fully saturated rings. The number of thioether (sulfide) groups is 1. The predicted molar refractivity (Wildman–Crippen MR) is 107 cm³/mol. The lowest BCUT2D eigenvalue weighted by Crippen LogP contribution is -2.65. The van der Waals surface area contributed by atoms with Crippen LogP contribution in [0.2, 0.25) is 0 Å². The van der Waals surface area contributed by atoms with Crippen molar-refractivity contribution in [3.05, 3.63) is 0 Å². The van der Waals surface area contributed by atoms with Gasteiger partial charge in [0.25, 0.3) is 0 Å². The molecule has 0 saturated carbocycles. The van der Waals surface area contributed by atoms with Gasteiger partial charge in [-0.15, -0.1) is 23.4 Å². The number of nitrogens with zero attached hydrogens (tertiary/aromatic N) is 1. The first-order valence-corrected chi connectivity index (χ1v) is 11.3. The fourth-order valence-corrected chi connectivity index (χ4v) is 5.00. The monoisotopic (exact) mass is 424 g/mol. The number of ether oxygens (including phenoxy) is 1. The number of rotatable bonds is 7. The van der Waals surface area contributed by atoms with Gasteiger partial charge < -0.3 is 25.4 Å². The van der Waals surface area contributed by atoms with Crippen molar-refractivity contribution in [2.24, 2.45) is 5.92 Å². The number of amides is 1. The fraction of sp³-hybridized carbons (Fsp3) is 0.944. The van der Waals surface area contributed by atoms with Crippen LogP contribution < -0.4 is 5.32 Å². The third kappa shape index (κ3) is 5.29. The summed E-state index contributed by atoms with van der Waals surface area (Å²) in [7, 11) is 1.94. The Hall–Kier alpha value is -0.0900. The SMILES string of the molecule is CCCC1CC(C(=O)N[C@H](C(C)Cl)[C@H]2OC(SC)C(O)[C@@H](O)C2O)N(C)C1. The van der Waals surface area contributed by atoms with Gasteiger partial charge in [0, 0.05) is 6.54 Å². The zero-order chi connectivity index (χ0) is 20.3. The van der Waals surface area contributed by atoms with Gasteiger partial charge in [0.1, 0.15) is 29.9 Å². The third-order valence-electron chi connectivity index (χ3n) is 5.63. The van der Waals surface area contributed by atoms with Crippen molar-refractivity contribution in [1.82, 2.24) is 10.2 Å². The number of aliphatic hydroxyl groups excluding tert-OH is 3. The summed E-state index contributed by atoms with van der Waals surface area (Å²) >= 11 is 7.55. The maximum absolute atomic E-state index is 12.9.